The number of fused-ring (bicyclic) bond motifs is 1. The van der Waals surface area contributed by atoms with Gasteiger partial charge in [-0.15, -0.1) is 0 Å². The topological polar surface area (TPSA) is 77.4 Å². The largest absolute Gasteiger partial charge is 0.444 e. The predicted octanol–water partition coefficient (Wildman–Crippen LogP) is 4.71. The average Bonchev–Trinajstić information content (AvgIpc) is 3.00. The zero-order valence-corrected chi connectivity index (χ0v) is 18.9. The van der Waals surface area contributed by atoms with Gasteiger partial charge < -0.3 is 10.1 Å². The summed E-state index contributed by atoms with van der Waals surface area (Å²) in [5, 5.41) is 3.54. The van der Waals surface area contributed by atoms with Crippen LogP contribution in [0, 0.1) is 0 Å². The normalized spacial score (nSPS) is 12.1. The molecule has 3 aromatic rings. The van der Waals surface area contributed by atoms with Crippen molar-refractivity contribution in [3.05, 3.63) is 64.8 Å². The Hall–Kier alpha value is -2.32. The number of nitrogens with one attached hydrogen (secondary N) is 1. The lowest BCUT2D eigenvalue weighted by Crippen LogP contribution is -2.33. The smallest absolute Gasteiger partial charge is 0.407 e. The summed E-state index contributed by atoms with van der Waals surface area (Å²) in [7, 11) is -3.78. The van der Waals surface area contributed by atoms with Crippen LogP contribution >= 0.6 is 15.9 Å². The molecule has 0 atom stereocenters. The average molecular weight is 479 g/mol. The van der Waals surface area contributed by atoms with E-state index in [0.717, 1.165) is 10.9 Å². The molecule has 0 unspecified atom stereocenters. The number of hydrogen-bond acceptors (Lipinski definition) is 4. The lowest BCUT2D eigenvalue weighted by atomic mass is 10.1. The second-order valence-corrected chi connectivity index (χ2v) is 10.2. The van der Waals surface area contributed by atoms with Crippen molar-refractivity contribution in [2.75, 3.05) is 6.54 Å². The molecule has 0 aliphatic carbocycles. The molecule has 0 radical (unpaired) electrons. The minimum atomic E-state index is -3.78. The first-order valence-electron chi connectivity index (χ1n) is 9.15. The van der Waals surface area contributed by atoms with Gasteiger partial charge >= 0.3 is 6.09 Å². The molecule has 0 aliphatic rings. The monoisotopic (exact) mass is 478 g/mol. The molecule has 3 rings (SSSR count). The summed E-state index contributed by atoms with van der Waals surface area (Å²) in [4.78, 5) is 12.1. The van der Waals surface area contributed by atoms with Gasteiger partial charge in [-0.2, -0.15) is 0 Å². The van der Waals surface area contributed by atoms with E-state index < -0.39 is 21.7 Å². The Balaban J connectivity index is 1.90. The fourth-order valence-corrected chi connectivity index (χ4v) is 5.35. The highest BCUT2D eigenvalue weighted by atomic mass is 79.9. The number of amides is 1. The number of carbonyl (C=O) groups is 1. The molecule has 0 saturated heterocycles. The number of ether oxygens (including phenoxy) is 1. The zero-order valence-electron chi connectivity index (χ0n) is 16.5. The van der Waals surface area contributed by atoms with Crippen LogP contribution in [-0.2, 0) is 21.2 Å². The van der Waals surface area contributed by atoms with Crippen molar-refractivity contribution in [2.24, 2.45) is 0 Å². The molecular weight excluding hydrogens is 456 g/mol. The Bertz CT molecular complexity index is 1150. The standard InChI is InChI=1S/C21H23BrN2O4S/c1-21(2,3)28-20(25)23-13-12-15-14-24(18-10-6-4-8-16(15)18)29(26,27)19-11-7-5-9-17(19)22/h4-11,14H,12-13H2,1-3H3,(H,23,25). The number of para-hydroxylation sites is 1. The maximum absolute atomic E-state index is 13.3. The Morgan fingerprint density at radius 3 is 2.45 bits per heavy atom. The number of nitrogens with zero attached hydrogens (tertiary/aromatic N) is 1. The van der Waals surface area contributed by atoms with Gasteiger partial charge in [-0.25, -0.2) is 17.2 Å². The molecule has 0 aliphatic heterocycles. The number of halogens is 1. The first-order chi connectivity index (χ1) is 13.6. The van der Waals surface area contributed by atoms with Gasteiger partial charge in [-0.1, -0.05) is 30.3 Å². The van der Waals surface area contributed by atoms with Gasteiger partial charge in [0, 0.05) is 22.6 Å². The van der Waals surface area contributed by atoms with Crippen molar-refractivity contribution in [2.45, 2.75) is 37.7 Å². The number of aromatic nitrogens is 1. The number of rotatable bonds is 5. The fourth-order valence-electron chi connectivity index (χ4n) is 2.99. The van der Waals surface area contributed by atoms with Gasteiger partial charge in [0.05, 0.1) is 5.52 Å². The Kier molecular flexibility index (Phi) is 6.05. The molecule has 29 heavy (non-hydrogen) atoms. The van der Waals surface area contributed by atoms with E-state index in [0.29, 0.717) is 23.0 Å². The van der Waals surface area contributed by atoms with E-state index in [1.54, 1.807) is 63.4 Å². The van der Waals surface area contributed by atoms with Gasteiger partial charge in [-0.3, -0.25) is 0 Å². The van der Waals surface area contributed by atoms with Gasteiger partial charge in [0.15, 0.2) is 0 Å². The Labute approximate surface area is 179 Å². The third-order valence-electron chi connectivity index (χ3n) is 4.20. The summed E-state index contributed by atoms with van der Waals surface area (Å²) in [5.74, 6) is 0. The third-order valence-corrected chi connectivity index (χ3v) is 6.88. The summed E-state index contributed by atoms with van der Waals surface area (Å²) in [6.45, 7) is 5.73. The van der Waals surface area contributed by atoms with Crippen LogP contribution in [0.25, 0.3) is 10.9 Å². The van der Waals surface area contributed by atoms with Gasteiger partial charge in [0.2, 0.25) is 0 Å². The Morgan fingerprint density at radius 1 is 1.10 bits per heavy atom. The number of hydrogen-bond donors (Lipinski definition) is 1. The highest BCUT2D eigenvalue weighted by Gasteiger charge is 2.23. The maximum Gasteiger partial charge on any atom is 0.407 e. The highest BCUT2D eigenvalue weighted by Crippen LogP contribution is 2.29. The molecule has 6 nitrogen and oxygen atoms in total. The molecule has 0 bridgehead atoms. The Morgan fingerprint density at radius 2 is 1.76 bits per heavy atom. The number of benzene rings is 2. The minimum absolute atomic E-state index is 0.194. The number of carbonyl (C=O) groups excluding carboxylic acids is 1. The molecule has 1 heterocycles. The van der Waals surface area contributed by atoms with Crippen LogP contribution in [0.4, 0.5) is 4.79 Å². The first kappa shape index (κ1) is 21.4. The molecule has 0 spiro atoms. The predicted molar refractivity (Wildman–Crippen MR) is 117 cm³/mol. The van der Waals surface area contributed by atoms with E-state index in [9.17, 15) is 13.2 Å². The second kappa shape index (κ2) is 8.20. The summed E-state index contributed by atoms with van der Waals surface area (Å²) in [6, 6.07) is 14.0. The van der Waals surface area contributed by atoms with E-state index in [2.05, 4.69) is 21.2 Å². The van der Waals surface area contributed by atoms with Crippen molar-refractivity contribution >= 4 is 42.9 Å². The van der Waals surface area contributed by atoms with Crippen molar-refractivity contribution in [3.8, 4) is 0 Å². The van der Waals surface area contributed by atoms with Crippen molar-refractivity contribution < 1.29 is 17.9 Å². The van der Waals surface area contributed by atoms with Gasteiger partial charge in [0.1, 0.15) is 10.5 Å². The summed E-state index contributed by atoms with van der Waals surface area (Å²) >= 11 is 3.33. The van der Waals surface area contributed by atoms with E-state index >= 15 is 0 Å². The highest BCUT2D eigenvalue weighted by molar-refractivity contribution is 9.10. The van der Waals surface area contributed by atoms with Crippen molar-refractivity contribution in [1.82, 2.24) is 9.29 Å². The molecule has 8 heteroatoms. The molecule has 1 N–H and O–H groups in total. The van der Waals surface area contributed by atoms with E-state index in [-0.39, 0.29) is 4.90 Å². The van der Waals surface area contributed by atoms with E-state index in [1.165, 1.54) is 3.97 Å². The molecule has 2 aromatic carbocycles. The minimum Gasteiger partial charge on any atom is -0.444 e. The number of alkyl carbamates (subject to hydrolysis) is 1. The van der Waals surface area contributed by atoms with Crippen molar-refractivity contribution in [1.29, 1.82) is 0 Å². The summed E-state index contributed by atoms with van der Waals surface area (Å²) < 4.78 is 33.6. The summed E-state index contributed by atoms with van der Waals surface area (Å²) in [5.41, 5.74) is 0.847. The molecule has 154 valence electrons. The maximum atomic E-state index is 13.3. The molecular formula is C21H23BrN2O4S. The molecule has 0 fully saturated rings. The lowest BCUT2D eigenvalue weighted by molar-refractivity contribution is 0.0528. The van der Waals surface area contributed by atoms with Crippen LogP contribution in [0.1, 0.15) is 26.3 Å². The van der Waals surface area contributed by atoms with Crippen molar-refractivity contribution in [3.63, 3.8) is 0 Å². The molecule has 1 amide bonds. The lowest BCUT2D eigenvalue weighted by Gasteiger charge is -2.19. The molecule has 1 aromatic heterocycles. The SMILES string of the molecule is CC(C)(C)OC(=O)NCCc1cn(S(=O)(=O)c2ccccc2Br)c2ccccc12. The van der Waals surface area contributed by atoms with E-state index in [1.807, 2.05) is 12.1 Å². The van der Waals surface area contributed by atoms with Crippen LogP contribution in [0.5, 0.6) is 0 Å². The van der Waals surface area contributed by atoms with Crippen LogP contribution in [0.2, 0.25) is 0 Å². The quantitative estimate of drug-likeness (QED) is 0.575. The van der Waals surface area contributed by atoms with Gasteiger partial charge in [-0.05, 0) is 66.9 Å². The fraction of sp³-hybridized carbons (Fsp3) is 0.286. The van der Waals surface area contributed by atoms with E-state index in [4.69, 9.17) is 4.74 Å². The van der Waals surface area contributed by atoms with Crippen LogP contribution in [-0.4, -0.2) is 30.6 Å². The van der Waals surface area contributed by atoms with Crippen LogP contribution in [0.15, 0.2) is 64.1 Å². The van der Waals surface area contributed by atoms with Crippen LogP contribution in [0.3, 0.4) is 0 Å². The first-order valence-corrected chi connectivity index (χ1v) is 11.4. The zero-order chi connectivity index (χ0) is 21.2. The molecule has 0 saturated carbocycles. The summed E-state index contributed by atoms with van der Waals surface area (Å²) in [6.07, 6.45) is 1.59. The van der Waals surface area contributed by atoms with Crippen LogP contribution < -0.4 is 5.32 Å². The third kappa shape index (κ3) is 4.82. The van der Waals surface area contributed by atoms with Gasteiger partial charge in [0.25, 0.3) is 10.0 Å². The second-order valence-electron chi connectivity index (χ2n) is 7.58.